The van der Waals surface area contributed by atoms with E-state index in [-0.39, 0.29) is 18.2 Å². The molecule has 0 aliphatic carbocycles. The lowest BCUT2D eigenvalue weighted by Gasteiger charge is -2.05. The van der Waals surface area contributed by atoms with Gasteiger partial charge in [0, 0.05) is 10.6 Å². The van der Waals surface area contributed by atoms with Gasteiger partial charge in [-0.1, -0.05) is 11.6 Å². The first-order valence-electron chi connectivity index (χ1n) is 4.57. The van der Waals surface area contributed by atoms with Crippen LogP contribution in [0, 0.1) is 5.82 Å². The SMILES string of the molecule is Fc1ccc(Cl)cc1Cn1ncnc1CCl. The van der Waals surface area contributed by atoms with Gasteiger partial charge in [-0.2, -0.15) is 5.10 Å². The molecule has 0 radical (unpaired) electrons. The Morgan fingerprint density at radius 3 is 2.94 bits per heavy atom. The first-order valence-corrected chi connectivity index (χ1v) is 5.48. The number of benzene rings is 1. The number of aromatic nitrogens is 3. The minimum Gasteiger partial charge on any atom is -0.244 e. The highest BCUT2D eigenvalue weighted by atomic mass is 35.5. The van der Waals surface area contributed by atoms with Crippen molar-refractivity contribution in [2.75, 3.05) is 0 Å². The Morgan fingerprint density at radius 2 is 2.19 bits per heavy atom. The molecule has 0 aliphatic rings. The average Bonchev–Trinajstić information content (AvgIpc) is 2.71. The number of nitrogens with zero attached hydrogens (tertiary/aromatic N) is 3. The average molecular weight is 260 g/mol. The maximum atomic E-state index is 13.4. The first kappa shape index (κ1) is 11.4. The lowest BCUT2D eigenvalue weighted by atomic mass is 10.2. The molecule has 84 valence electrons. The number of hydrogen-bond donors (Lipinski definition) is 0. The van der Waals surface area contributed by atoms with E-state index >= 15 is 0 Å². The van der Waals surface area contributed by atoms with Crippen molar-refractivity contribution in [3.8, 4) is 0 Å². The number of rotatable bonds is 3. The second-order valence-electron chi connectivity index (χ2n) is 3.20. The summed E-state index contributed by atoms with van der Waals surface area (Å²) >= 11 is 11.5. The van der Waals surface area contributed by atoms with Crippen LogP contribution in [0.4, 0.5) is 4.39 Å². The molecule has 0 saturated heterocycles. The summed E-state index contributed by atoms with van der Waals surface area (Å²) in [5, 5.41) is 4.45. The van der Waals surface area contributed by atoms with E-state index in [0.717, 1.165) is 0 Å². The fraction of sp³-hybridized carbons (Fsp3) is 0.200. The Labute approximate surface area is 102 Å². The third-order valence-electron chi connectivity index (χ3n) is 2.14. The van der Waals surface area contributed by atoms with Gasteiger partial charge in [-0.25, -0.2) is 14.1 Å². The molecule has 0 saturated carbocycles. The molecule has 1 aromatic heterocycles. The summed E-state index contributed by atoms with van der Waals surface area (Å²) in [6.45, 7) is 0.272. The second-order valence-corrected chi connectivity index (χ2v) is 3.91. The molecule has 0 atom stereocenters. The summed E-state index contributed by atoms with van der Waals surface area (Å²) in [4.78, 5) is 3.95. The van der Waals surface area contributed by atoms with Crippen LogP contribution in [0.25, 0.3) is 0 Å². The molecule has 0 bridgehead atoms. The predicted octanol–water partition coefficient (Wildman–Crippen LogP) is 2.86. The monoisotopic (exact) mass is 259 g/mol. The summed E-state index contributed by atoms with van der Waals surface area (Å²) in [6, 6.07) is 4.40. The molecule has 0 N–H and O–H groups in total. The molecular weight excluding hydrogens is 252 g/mol. The van der Waals surface area contributed by atoms with Crippen LogP contribution in [0.2, 0.25) is 5.02 Å². The molecule has 16 heavy (non-hydrogen) atoms. The Kier molecular flexibility index (Phi) is 3.41. The molecule has 0 unspecified atom stereocenters. The normalized spacial score (nSPS) is 10.7. The molecule has 0 spiro atoms. The van der Waals surface area contributed by atoms with E-state index in [9.17, 15) is 4.39 Å². The van der Waals surface area contributed by atoms with Crippen molar-refractivity contribution in [2.45, 2.75) is 12.4 Å². The quantitative estimate of drug-likeness (QED) is 0.794. The van der Waals surface area contributed by atoms with Crippen LogP contribution in [-0.2, 0) is 12.4 Å². The van der Waals surface area contributed by atoms with Gasteiger partial charge in [0.2, 0.25) is 0 Å². The predicted molar refractivity (Wildman–Crippen MR) is 60.1 cm³/mol. The summed E-state index contributed by atoms with van der Waals surface area (Å²) < 4.78 is 15.0. The van der Waals surface area contributed by atoms with Crippen LogP contribution >= 0.6 is 23.2 Å². The maximum Gasteiger partial charge on any atom is 0.142 e. The Morgan fingerprint density at radius 1 is 1.38 bits per heavy atom. The molecule has 2 aromatic rings. The smallest absolute Gasteiger partial charge is 0.142 e. The number of alkyl halides is 1. The van der Waals surface area contributed by atoms with Crippen molar-refractivity contribution in [1.82, 2.24) is 14.8 Å². The van der Waals surface area contributed by atoms with E-state index in [1.807, 2.05) is 0 Å². The lowest BCUT2D eigenvalue weighted by Crippen LogP contribution is -2.07. The highest BCUT2D eigenvalue weighted by Crippen LogP contribution is 2.16. The minimum atomic E-state index is -0.319. The highest BCUT2D eigenvalue weighted by molar-refractivity contribution is 6.30. The van der Waals surface area contributed by atoms with Gasteiger partial charge >= 0.3 is 0 Å². The van der Waals surface area contributed by atoms with Crippen molar-refractivity contribution in [3.05, 3.63) is 46.8 Å². The van der Waals surface area contributed by atoms with Crippen LogP contribution in [0.1, 0.15) is 11.4 Å². The summed E-state index contributed by atoms with van der Waals surface area (Å²) in [5.41, 5.74) is 0.462. The van der Waals surface area contributed by atoms with E-state index in [0.29, 0.717) is 16.4 Å². The van der Waals surface area contributed by atoms with Gasteiger partial charge in [0.1, 0.15) is 18.0 Å². The van der Waals surface area contributed by atoms with E-state index in [4.69, 9.17) is 23.2 Å². The van der Waals surface area contributed by atoms with Gasteiger partial charge in [-0.05, 0) is 18.2 Å². The zero-order valence-corrected chi connectivity index (χ0v) is 9.71. The van der Waals surface area contributed by atoms with Crippen molar-refractivity contribution < 1.29 is 4.39 Å². The van der Waals surface area contributed by atoms with Gasteiger partial charge in [0.05, 0.1) is 12.4 Å². The molecule has 0 aliphatic heterocycles. The topological polar surface area (TPSA) is 30.7 Å². The molecule has 3 nitrogen and oxygen atoms in total. The maximum absolute atomic E-state index is 13.4. The molecule has 1 aromatic carbocycles. The molecule has 1 heterocycles. The molecule has 0 fully saturated rings. The molecule has 6 heteroatoms. The van der Waals surface area contributed by atoms with Gasteiger partial charge in [0.15, 0.2) is 0 Å². The Hall–Kier alpha value is -1.13. The lowest BCUT2D eigenvalue weighted by molar-refractivity contribution is 0.578. The van der Waals surface area contributed by atoms with Gasteiger partial charge < -0.3 is 0 Å². The largest absolute Gasteiger partial charge is 0.244 e. The minimum absolute atomic E-state index is 0.238. The van der Waals surface area contributed by atoms with Crippen LogP contribution in [-0.4, -0.2) is 14.8 Å². The van der Waals surface area contributed by atoms with E-state index in [1.165, 1.54) is 18.5 Å². The van der Waals surface area contributed by atoms with Crippen molar-refractivity contribution in [1.29, 1.82) is 0 Å². The van der Waals surface area contributed by atoms with Crippen molar-refractivity contribution in [3.63, 3.8) is 0 Å². The first-order chi connectivity index (χ1) is 7.70. The zero-order valence-electron chi connectivity index (χ0n) is 8.20. The summed E-state index contributed by atoms with van der Waals surface area (Å²) in [7, 11) is 0. The van der Waals surface area contributed by atoms with Crippen LogP contribution in [0.15, 0.2) is 24.5 Å². The van der Waals surface area contributed by atoms with E-state index in [2.05, 4.69) is 10.1 Å². The zero-order chi connectivity index (χ0) is 11.5. The summed E-state index contributed by atoms with van der Waals surface area (Å²) in [5.74, 6) is 0.517. The Balaban J connectivity index is 2.30. The van der Waals surface area contributed by atoms with Gasteiger partial charge in [-0.3, -0.25) is 0 Å². The third kappa shape index (κ3) is 2.33. The number of halogens is 3. The molecular formula is C10H8Cl2FN3. The fourth-order valence-electron chi connectivity index (χ4n) is 1.35. The molecule has 0 amide bonds. The van der Waals surface area contributed by atoms with Crippen LogP contribution < -0.4 is 0 Å². The third-order valence-corrected chi connectivity index (χ3v) is 2.62. The Bertz CT molecular complexity index is 499. The van der Waals surface area contributed by atoms with Crippen LogP contribution in [0.5, 0.6) is 0 Å². The van der Waals surface area contributed by atoms with Gasteiger partial charge in [-0.15, -0.1) is 11.6 Å². The van der Waals surface area contributed by atoms with E-state index in [1.54, 1.807) is 10.7 Å². The fourth-order valence-corrected chi connectivity index (χ4v) is 1.75. The molecule has 2 rings (SSSR count). The van der Waals surface area contributed by atoms with Crippen molar-refractivity contribution in [2.24, 2.45) is 0 Å². The van der Waals surface area contributed by atoms with Crippen molar-refractivity contribution >= 4 is 23.2 Å². The highest BCUT2D eigenvalue weighted by Gasteiger charge is 2.08. The summed E-state index contributed by atoms with van der Waals surface area (Å²) in [6.07, 6.45) is 1.39. The van der Waals surface area contributed by atoms with Gasteiger partial charge in [0.25, 0.3) is 0 Å². The number of hydrogen-bond acceptors (Lipinski definition) is 2. The van der Waals surface area contributed by atoms with Crippen LogP contribution in [0.3, 0.4) is 0 Å². The second kappa shape index (κ2) is 4.80. The van der Waals surface area contributed by atoms with E-state index < -0.39 is 0 Å². The standard InChI is InChI=1S/C10H8Cl2FN3/c11-4-10-14-6-15-16(10)5-7-3-8(12)1-2-9(7)13/h1-3,6H,4-5H2.